The highest BCUT2D eigenvalue weighted by molar-refractivity contribution is 14.0. The maximum atomic E-state index is 6.05. The number of hydrogen-bond acceptors (Lipinski definition) is 2. The molecule has 0 heterocycles. The van der Waals surface area contributed by atoms with E-state index in [1.54, 1.807) is 7.11 Å². The maximum absolute atomic E-state index is 6.05. The molecule has 1 fully saturated rings. The topological polar surface area (TPSA) is 59.6 Å². The van der Waals surface area contributed by atoms with Crippen LogP contribution in [0.15, 0.2) is 4.99 Å². The van der Waals surface area contributed by atoms with Crippen molar-refractivity contribution in [3.8, 4) is 0 Å². The average molecular weight is 397 g/mol. The molecule has 3 unspecified atom stereocenters. The van der Waals surface area contributed by atoms with Gasteiger partial charge in [-0.15, -0.1) is 24.0 Å². The zero-order valence-corrected chi connectivity index (χ0v) is 16.3. The van der Waals surface area contributed by atoms with Gasteiger partial charge in [0.15, 0.2) is 5.96 Å². The smallest absolute Gasteiger partial charge is 0.189 e. The summed E-state index contributed by atoms with van der Waals surface area (Å²) >= 11 is 0. The van der Waals surface area contributed by atoms with Crippen molar-refractivity contribution in [1.29, 1.82) is 0 Å². The van der Waals surface area contributed by atoms with Crippen molar-refractivity contribution in [2.24, 2.45) is 22.1 Å². The first-order chi connectivity index (χ1) is 8.71. The Morgan fingerprint density at radius 3 is 2.15 bits per heavy atom. The predicted octanol–water partition coefficient (Wildman–Crippen LogP) is 3.15. The van der Waals surface area contributed by atoms with Crippen LogP contribution in [0.2, 0.25) is 0 Å². The Balaban J connectivity index is 0.00000361. The molecule has 0 aromatic heterocycles. The Kier molecular flexibility index (Phi) is 7.28. The first kappa shape index (κ1) is 20.0. The molecule has 0 aromatic carbocycles. The Morgan fingerprint density at radius 2 is 1.80 bits per heavy atom. The largest absolute Gasteiger partial charge is 0.380 e. The Labute approximate surface area is 141 Å². The lowest BCUT2D eigenvalue weighted by Crippen LogP contribution is -2.64. The summed E-state index contributed by atoms with van der Waals surface area (Å²) in [5.74, 6) is 0.968. The molecule has 1 aliphatic carbocycles. The van der Waals surface area contributed by atoms with Gasteiger partial charge < -0.3 is 15.8 Å². The highest BCUT2D eigenvalue weighted by Gasteiger charge is 2.58. The number of nitrogens with zero attached hydrogens (tertiary/aromatic N) is 1. The van der Waals surface area contributed by atoms with Crippen molar-refractivity contribution in [2.45, 2.75) is 72.1 Å². The van der Waals surface area contributed by atoms with Crippen LogP contribution in [-0.2, 0) is 4.74 Å². The minimum absolute atomic E-state index is 0. The molecule has 3 N–H and O–H groups in total. The molecule has 0 bridgehead atoms. The number of nitrogens with two attached hydrogens (primary N) is 1. The molecular weight excluding hydrogens is 365 g/mol. The van der Waals surface area contributed by atoms with E-state index in [0.29, 0.717) is 18.0 Å². The minimum Gasteiger partial charge on any atom is -0.380 e. The Hall–Kier alpha value is -0.0400. The third-order valence-electron chi connectivity index (χ3n) is 4.48. The van der Waals surface area contributed by atoms with E-state index in [2.05, 4.69) is 46.9 Å². The molecule has 0 aliphatic heterocycles. The number of guanidine groups is 1. The van der Waals surface area contributed by atoms with E-state index in [0.717, 1.165) is 12.8 Å². The first-order valence-corrected chi connectivity index (χ1v) is 7.36. The molecule has 1 aliphatic rings. The summed E-state index contributed by atoms with van der Waals surface area (Å²) in [6.07, 6.45) is 2.44. The van der Waals surface area contributed by atoms with Crippen LogP contribution in [0.5, 0.6) is 0 Å². The molecule has 5 heteroatoms. The highest BCUT2D eigenvalue weighted by Crippen LogP contribution is 2.54. The van der Waals surface area contributed by atoms with Gasteiger partial charge in [-0.3, -0.25) is 0 Å². The number of halogens is 1. The number of hydrogen-bond donors (Lipinski definition) is 2. The number of aliphatic imine (C=N–C) groups is 1. The van der Waals surface area contributed by atoms with E-state index in [1.165, 1.54) is 0 Å². The van der Waals surface area contributed by atoms with E-state index >= 15 is 0 Å². The SMILES string of the molecule is CCC1(CC)C(N=C(N)NC(C)(C)C)C(C)C1OC.I. The summed E-state index contributed by atoms with van der Waals surface area (Å²) in [5.41, 5.74) is 6.13. The van der Waals surface area contributed by atoms with E-state index in [9.17, 15) is 0 Å². The van der Waals surface area contributed by atoms with Gasteiger partial charge in [-0.1, -0.05) is 20.8 Å². The first-order valence-electron chi connectivity index (χ1n) is 7.36. The fraction of sp³-hybridized carbons (Fsp3) is 0.933. The molecule has 1 saturated carbocycles. The summed E-state index contributed by atoms with van der Waals surface area (Å²) in [5, 5.41) is 3.24. The molecule has 0 spiro atoms. The van der Waals surface area contributed by atoms with Crippen molar-refractivity contribution in [2.75, 3.05) is 7.11 Å². The molecule has 0 aromatic rings. The standard InChI is InChI=1S/C15H31N3O.HI/c1-8-15(9-2)11(10(3)12(15)19-7)17-13(16)18-14(4,5)6;/h10-12H,8-9H2,1-7H3,(H3,16,17,18);1H. The number of ether oxygens (including phenoxy) is 1. The molecule has 20 heavy (non-hydrogen) atoms. The minimum atomic E-state index is -0.0533. The van der Waals surface area contributed by atoms with Crippen molar-refractivity contribution in [3.05, 3.63) is 0 Å². The molecule has 0 saturated heterocycles. The average Bonchev–Trinajstić information content (AvgIpc) is 2.30. The fourth-order valence-corrected chi connectivity index (χ4v) is 3.59. The van der Waals surface area contributed by atoms with Gasteiger partial charge in [-0.25, -0.2) is 4.99 Å². The van der Waals surface area contributed by atoms with Crippen LogP contribution in [0.3, 0.4) is 0 Å². The monoisotopic (exact) mass is 397 g/mol. The Morgan fingerprint density at radius 1 is 1.30 bits per heavy atom. The third kappa shape index (κ3) is 3.78. The van der Waals surface area contributed by atoms with Gasteiger partial charge in [0.25, 0.3) is 0 Å². The zero-order valence-electron chi connectivity index (χ0n) is 14.0. The van der Waals surface area contributed by atoms with E-state index in [1.807, 2.05) is 0 Å². The highest BCUT2D eigenvalue weighted by atomic mass is 127. The van der Waals surface area contributed by atoms with Crippen molar-refractivity contribution in [3.63, 3.8) is 0 Å². The lowest BCUT2D eigenvalue weighted by molar-refractivity contribution is -0.156. The van der Waals surface area contributed by atoms with Gasteiger partial charge in [0.2, 0.25) is 0 Å². The third-order valence-corrected chi connectivity index (χ3v) is 4.48. The van der Waals surface area contributed by atoms with Crippen molar-refractivity contribution >= 4 is 29.9 Å². The van der Waals surface area contributed by atoms with E-state index in [4.69, 9.17) is 15.5 Å². The molecular formula is C15H32IN3O. The van der Waals surface area contributed by atoms with Crippen molar-refractivity contribution in [1.82, 2.24) is 5.32 Å². The number of nitrogens with one attached hydrogen (secondary N) is 1. The molecule has 1 rings (SSSR count). The molecule has 120 valence electrons. The Bertz CT molecular complexity index is 335. The van der Waals surface area contributed by atoms with Crippen LogP contribution in [0.4, 0.5) is 0 Å². The van der Waals surface area contributed by atoms with Gasteiger partial charge in [-0.05, 0) is 33.6 Å². The molecule has 0 radical (unpaired) electrons. The summed E-state index contributed by atoms with van der Waals surface area (Å²) in [4.78, 5) is 4.75. The maximum Gasteiger partial charge on any atom is 0.189 e. The van der Waals surface area contributed by atoms with Crippen LogP contribution in [0, 0.1) is 11.3 Å². The van der Waals surface area contributed by atoms with Crippen LogP contribution < -0.4 is 11.1 Å². The molecule has 0 amide bonds. The van der Waals surface area contributed by atoms with Crippen LogP contribution >= 0.6 is 24.0 Å². The second kappa shape index (κ2) is 7.29. The predicted molar refractivity (Wildman–Crippen MR) is 96.7 cm³/mol. The normalized spacial score (nSPS) is 29.4. The second-order valence-corrected chi connectivity index (χ2v) is 6.79. The zero-order chi connectivity index (χ0) is 14.8. The second-order valence-electron chi connectivity index (χ2n) is 6.79. The lowest BCUT2D eigenvalue weighted by atomic mass is 9.53. The number of methoxy groups -OCH3 is 1. The van der Waals surface area contributed by atoms with Gasteiger partial charge in [0.1, 0.15) is 0 Å². The summed E-state index contributed by atoms with van der Waals surface area (Å²) in [6.45, 7) is 12.9. The van der Waals surface area contributed by atoms with Crippen LogP contribution in [0.25, 0.3) is 0 Å². The van der Waals surface area contributed by atoms with Crippen molar-refractivity contribution < 1.29 is 4.74 Å². The number of rotatable bonds is 4. The van der Waals surface area contributed by atoms with E-state index in [-0.39, 0.29) is 41.0 Å². The quantitative estimate of drug-likeness (QED) is 0.435. The van der Waals surface area contributed by atoms with Crippen LogP contribution in [0.1, 0.15) is 54.4 Å². The fourth-order valence-electron chi connectivity index (χ4n) is 3.59. The van der Waals surface area contributed by atoms with E-state index < -0.39 is 0 Å². The summed E-state index contributed by atoms with van der Waals surface area (Å²) in [6, 6.07) is 0.252. The summed E-state index contributed by atoms with van der Waals surface area (Å²) < 4.78 is 5.68. The van der Waals surface area contributed by atoms with Gasteiger partial charge in [0.05, 0.1) is 12.1 Å². The van der Waals surface area contributed by atoms with Gasteiger partial charge >= 0.3 is 0 Å². The van der Waals surface area contributed by atoms with Crippen LogP contribution in [-0.4, -0.2) is 30.8 Å². The van der Waals surface area contributed by atoms with Gasteiger partial charge in [-0.2, -0.15) is 0 Å². The van der Waals surface area contributed by atoms with Gasteiger partial charge in [0, 0.05) is 24.0 Å². The molecule has 4 nitrogen and oxygen atoms in total. The molecule has 3 atom stereocenters. The summed E-state index contributed by atoms with van der Waals surface area (Å²) in [7, 11) is 1.80. The lowest BCUT2D eigenvalue weighted by Gasteiger charge is -2.57.